The molecular weight excluding hydrogens is 506 g/mol. The van der Waals surface area contributed by atoms with Crippen molar-refractivity contribution in [3.63, 3.8) is 0 Å². The second-order valence-electron chi connectivity index (χ2n) is 14.1. The van der Waals surface area contributed by atoms with Crippen molar-refractivity contribution >= 4 is 10.8 Å². The van der Waals surface area contributed by atoms with Crippen molar-refractivity contribution in [2.45, 2.75) is 109 Å². The number of aryl methyl sites for hydroxylation is 2. The number of fused-ring (bicyclic) bond motifs is 1. The molecule has 3 aromatic carbocycles. The van der Waals surface area contributed by atoms with Crippen molar-refractivity contribution in [1.29, 1.82) is 0 Å². The van der Waals surface area contributed by atoms with E-state index in [9.17, 15) is 0 Å². The summed E-state index contributed by atoms with van der Waals surface area (Å²) >= 11 is 0. The first-order valence-electron chi connectivity index (χ1n) is 17.3. The SMILES string of the molecule is Cc1ccccc1-c1cc(-c2ccc3cc(C4CCC(C5CCCCC5)CC4)ccc3c2)c(C2CCCCC2)c[n+]1C. The molecule has 3 saturated carbocycles. The van der Waals surface area contributed by atoms with Crippen LogP contribution in [0.15, 0.2) is 72.9 Å². The predicted octanol–water partition coefficient (Wildman–Crippen LogP) is 11.2. The number of hydrogen-bond donors (Lipinski definition) is 0. The molecule has 42 heavy (non-hydrogen) atoms. The van der Waals surface area contributed by atoms with Crippen molar-refractivity contribution < 1.29 is 4.57 Å². The van der Waals surface area contributed by atoms with Crippen LogP contribution in [0.5, 0.6) is 0 Å². The van der Waals surface area contributed by atoms with Gasteiger partial charge in [0.15, 0.2) is 6.20 Å². The lowest BCUT2D eigenvalue weighted by Gasteiger charge is -2.36. The Balaban J connectivity index is 1.19. The van der Waals surface area contributed by atoms with Crippen molar-refractivity contribution in [2.24, 2.45) is 18.9 Å². The smallest absolute Gasteiger partial charge is 0.201 e. The van der Waals surface area contributed by atoms with Crippen LogP contribution in [0.25, 0.3) is 33.2 Å². The normalized spacial score (nSPS) is 22.4. The highest BCUT2D eigenvalue weighted by Crippen LogP contribution is 2.44. The van der Waals surface area contributed by atoms with Crippen LogP contribution in [-0.4, -0.2) is 0 Å². The molecule has 0 N–H and O–H groups in total. The van der Waals surface area contributed by atoms with Crippen LogP contribution in [0.2, 0.25) is 0 Å². The Morgan fingerprint density at radius 2 is 1.24 bits per heavy atom. The molecule has 0 saturated heterocycles. The minimum absolute atomic E-state index is 0.660. The van der Waals surface area contributed by atoms with Gasteiger partial charge in [0.2, 0.25) is 5.69 Å². The van der Waals surface area contributed by atoms with Crippen LogP contribution in [0, 0.1) is 18.8 Å². The molecular formula is C41H50N+. The van der Waals surface area contributed by atoms with E-state index in [0.717, 1.165) is 17.8 Å². The monoisotopic (exact) mass is 556 g/mol. The predicted molar refractivity (Wildman–Crippen MR) is 178 cm³/mol. The maximum absolute atomic E-state index is 2.52. The Labute approximate surface area is 254 Å². The van der Waals surface area contributed by atoms with E-state index in [1.54, 1.807) is 11.1 Å². The molecule has 0 aliphatic heterocycles. The lowest BCUT2D eigenvalue weighted by Crippen LogP contribution is -2.32. The van der Waals surface area contributed by atoms with Crippen molar-refractivity contribution in [2.75, 3.05) is 0 Å². The zero-order valence-electron chi connectivity index (χ0n) is 26.1. The van der Waals surface area contributed by atoms with E-state index in [1.807, 2.05) is 0 Å². The van der Waals surface area contributed by atoms with Gasteiger partial charge in [-0.25, -0.2) is 4.57 Å². The number of rotatable bonds is 5. The average molecular weight is 557 g/mol. The third-order valence-corrected chi connectivity index (χ3v) is 11.5. The molecule has 7 rings (SSSR count). The molecule has 0 radical (unpaired) electrons. The standard InChI is InChI=1S/C41H50N/c1-29-11-9-10-16-38(29)41-27-39(40(28-42(41)2)33-14-7-4-8-15-33)37-24-23-35-25-34(21-22-36(35)26-37)32-19-17-31(18-20-32)30-12-5-3-6-13-30/h9-11,16,21-28,30-33H,3-8,12-15,17-20H2,1-2H3/q+1. The molecule has 1 aromatic heterocycles. The van der Waals surface area contributed by atoms with Crippen molar-refractivity contribution in [3.8, 4) is 22.4 Å². The fourth-order valence-electron chi connectivity index (χ4n) is 9.00. The summed E-state index contributed by atoms with van der Waals surface area (Å²) in [6, 6.07) is 26.0. The van der Waals surface area contributed by atoms with E-state index in [2.05, 4.69) is 91.5 Å². The van der Waals surface area contributed by atoms with Crippen LogP contribution in [0.4, 0.5) is 0 Å². The lowest BCUT2D eigenvalue weighted by atomic mass is 9.70. The summed E-state index contributed by atoms with van der Waals surface area (Å²) in [6.45, 7) is 2.24. The van der Waals surface area contributed by atoms with Crippen LogP contribution < -0.4 is 4.57 Å². The lowest BCUT2D eigenvalue weighted by molar-refractivity contribution is -0.660. The maximum Gasteiger partial charge on any atom is 0.213 e. The first-order valence-corrected chi connectivity index (χ1v) is 17.3. The summed E-state index contributed by atoms with van der Waals surface area (Å²) in [5, 5.41) is 2.79. The molecule has 3 aliphatic rings. The molecule has 0 spiro atoms. The summed E-state index contributed by atoms with van der Waals surface area (Å²) < 4.78 is 2.38. The molecule has 1 heteroatoms. The number of nitrogens with zero attached hydrogens (tertiary/aromatic N) is 1. The van der Waals surface area contributed by atoms with E-state index in [-0.39, 0.29) is 0 Å². The molecule has 0 unspecified atom stereocenters. The van der Waals surface area contributed by atoms with Crippen LogP contribution >= 0.6 is 0 Å². The molecule has 1 nitrogen and oxygen atoms in total. The first-order chi connectivity index (χ1) is 20.6. The fourth-order valence-corrected chi connectivity index (χ4v) is 9.00. The van der Waals surface area contributed by atoms with E-state index in [0.29, 0.717) is 5.92 Å². The van der Waals surface area contributed by atoms with Gasteiger partial charge in [0.1, 0.15) is 7.05 Å². The third kappa shape index (κ3) is 5.69. The zero-order valence-corrected chi connectivity index (χ0v) is 26.1. The molecule has 3 aliphatic carbocycles. The Kier molecular flexibility index (Phi) is 8.20. The topological polar surface area (TPSA) is 3.88 Å². The van der Waals surface area contributed by atoms with Gasteiger partial charge >= 0.3 is 0 Å². The summed E-state index contributed by atoms with van der Waals surface area (Å²) in [7, 11) is 2.24. The van der Waals surface area contributed by atoms with Crippen LogP contribution in [0.1, 0.15) is 118 Å². The van der Waals surface area contributed by atoms with Gasteiger partial charge in [0, 0.05) is 17.2 Å². The Morgan fingerprint density at radius 3 is 2.00 bits per heavy atom. The van der Waals surface area contributed by atoms with Gasteiger partial charge in [0.25, 0.3) is 0 Å². The van der Waals surface area contributed by atoms with Crippen molar-refractivity contribution in [3.05, 3.63) is 89.6 Å². The zero-order chi connectivity index (χ0) is 28.5. The van der Waals surface area contributed by atoms with E-state index >= 15 is 0 Å². The molecule has 0 amide bonds. The fraction of sp³-hybridized carbons (Fsp3) is 0.488. The van der Waals surface area contributed by atoms with Gasteiger partial charge in [-0.3, -0.25) is 0 Å². The van der Waals surface area contributed by atoms with Gasteiger partial charge in [-0.15, -0.1) is 0 Å². The second-order valence-corrected chi connectivity index (χ2v) is 14.1. The summed E-state index contributed by atoms with van der Waals surface area (Å²) in [5.74, 6) is 3.44. The highest BCUT2D eigenvalue weighted by Gasteiger charge is 2.29. The molecule has 1 heterocycles. The number of benzene rings is 3. The average Bonchev–Trinajstić information content (AvgIpc) is 3.05. The number of aromatic nitrogens is 1. The van der Waals surface area contributed by atoms with Crippen LogP contribution in [-0.2, 0) is 7.05 Å². The Morgan fingerprint density at radius 1 is 0.571 bits per heavy atom. The summed E-state index contributed by atoms with van der Waals surface area (Å²) in [4.78, 5) is 0. The van der Waals surface area contributed by atoms with E-state index in [1.165, 1.54) is 129 Å². The Bertz CT molecular complexity index is 1530. The molecule has 0 bridgehead atoms. The third-order valence-electron chi connectivity index (χ3n) is 11.5. The molecule has 218 valence electrons. The van der Waals surface area contributed by atoms with Gasteiger partial charge in [0.05, 0.1) is 0 Å². The van der Waals surface area contributed by atoms with Gasteiger partial charge in [-0.2, -0.15) is 0 Å². The Hall–Kier alpha value is -2.93. The maximum atomic E-state index is 2.52. The summed E-state index contributed by atoms with van der Waals surface area (Å²) in [6.07, 6.45) is 22.3. The second kappa shape index (κ2) is 12.4. The first kappa shape index (κ1) is 27.9. The number of hydrogen-bond acceptors (Lipinski definition) is 0. The largest absolute Gasteiger partial charge is 0.213 e. The highest BCUT2D eigenvalue weighted by atomic mass is 14.9. The minimum Gasteiger partial charge on any atom is -0.201 e. The highest BCUT2D eigenvalue weighted by molar-refractivity contribution is 5.89. The quantitative estimate of drug-likeness (QED) is 0.215. The van der Waals surface area contributed by atoms with E-state index in [4.69, 9.17) is 0 Å². The number of pyridine rings is 1. The van der Waals surface area contributed by atoms with Gasteiger partial charge in [-0.1, -0.05) is 99.9 Å². The summed E-state index contributed by atoms with van der Waals surface area (Å²) in [5.41, 5.74) is 9.91. The molecule has 0 atom stereocenters. The minimum atomic E-state index is 0.660. The van der Waals surface area contributed by atoms with E-state index < -0.39 is 0 Å². The van der Waals surface area contributed by atoms with Crippen molar-refractivity contribution in [1.82, 2.24) is 0 Å². The molecule has 4 aromatic rings. The molecule has 3 fully saturated rings. The van der Waals surface area contributed by atoms with Gasteiger partial charge < -0.3 is 0 Å². The van der Waals surface area contributed by atoms with Crippen LogP contribution in [0.3, 0.4) is 0 Å². The van der Waals surface area contributed by atoms with Gasteiger partial charge in [-0.05, 0) is 114 Å².